The second kappa shape index (κ2) is 6.02. The van der Waals surface area contributed by atoms with Crippen molar-refractivity contribution in [3.05, 3.63) is 59.2 Å². The first-order valence-electron chi connectivity index (χ1n) is 6.01. The number of carbonyl (C=O) groups excluding carboxylic acids is 2. The number of hydrogen-bond acceptors (Lipinski definition) is 4. The van der Waals surface area contributed by atoms with Gasteiger partial charge >= 0.3 is 0 Å². The lowest BCUT2D eigenvalue weighted by atomic mass is 10.0. The molecule has 0 atom stereocenters. The first-order valence-corrected chi connectivity index (χ1v) is 6.01. The molecule has 0 unspecified atom stereocenters. The molecule has 0 amide bonds. The van der Waals surface area contributed by atoms with E-state index in [9.17, 15) is 9.59 Å². The summed E-state index contributed by atoms with van der Waals surface area (Å²) in [6.07, 6.45) is 0.741. The molecule has 4 heteroatoms. The second-order valence-corrected chi connectivity index (χ2v) is 4.14. The highest BCUT2D eigenvalue weighted by atomic mass is 16.5. The van der Waals surface area contributed by atoms with E-state index in [1.54, 1.807) is 42.5 Å². The van der Waals surface area contributed by atoms with Crippen molar-refractivity contribution in [2.24, 2.45) is 0 Å². The quantitative estimate of drug-likeness (QED) is 0.619. The van der Waals surface area contributed by atoms with Crippen LogP contribution in [0.2, 0.25) is 0 Å². The Morgan fingerprint density at radius 1 is 0.900 bits per heavy atom. The van der Waals surface area contributed by atoms with Gasteiger partial charge in [0.05, 0.1) is 14.2 Å². The third kappa shape index (κ3) is 2.69. The van der Waals surface area contributed by atoms with Gasteiger partial charge in [-0.1, -0.05) is 24.3 Å². The van der Waals surface area contributed by atoms with E-state index in [0.29, 0.717) is 28.2 Å². The van der Waals surface area contributed by atoms with Crippen molar-refractivity contribution < 1.29 is 19.1 Å². The highest BCUT2D eigenvalue weighted by Crippen LogP contribution is 2.28. The minimum atomic E-state index is -0.136. The van der Waals surface area contributed by atoms with Gasteiger partial charge < -0.3 is 9.47 Å². The molecule has 0 aromatic heterocycles. The lowest BCUT2D eigenvalue weighted by molar-refractivity contribution is 0.103. The standard InChI is InChI=1S/C16H14O4/c1-19-14-8-7-13(9-15(14)20-2)16(18)12-5-3-11(10-17)4-6-12/h3-10H,1-2H3. The van der Waals surface area contributed by atoms with Crippen LogP contribution in [0, 0.1) is 0 Å². The van der Waals surface area contributed by atoms with Crippen molar-refractivity contribution in [2.75, 3.05) is 14.2 Å². The maximum absolute atomic E-state index is 12.3. The summed E-state index contributed by atoms with van der Waals surface area (Å²) in [4.78, 5) is 22.9. The predicted molar refractivity (Wildman–Crippen MR) is 74.8 cm³/mol. The molecule has 102 valence electrons. The summed E-state index contributed by atoms with van der Waals surface area (Å²) in [5.74, 6) is 0.937. The van der Waals surface area contributed by atoms with Crippen molar-refractivity contribution in [1.29, 1.82) is 0 Å². The molecule has 2 rings (SSSR count). The van der Waals surface area contributed by atoms with Crippen molar-refractivity contribution in [2.45, 2.75) is 0 Å². The fraction of sp³-hybridized carbons (Fsp3) is 0.125. The van der Waals surface area contributed by atoms with Gasteiger partial charge in [-0.2, -0.15) is 0 Å². The van der Waals surface area contributed by atoms with Gasteiger partial charge in [-0.05, 0) is 18.2 Å². The van der Waals surface area contributed by atoms with Crippen molar-refractivity contribution >= 4 is 12.1 Å². The molecule has 2 aromatic rings. The summed E-state index contributed by atoms with van der Waals surface area (Å²) < 4.78 is 10.3. The van der Waals surface area contributed by atoms with Gasteiger partial charge in [0.1, 0.15) is 6.29 Å². The number of ketones is 1. The van der Waals surface area contributed by atoms with E-state index in [1.807, 2.05) is 0 Å². The highest BCUT2D eigenvalue weighted by molar-refractivity contribution is 6.09. The van der Waals surface area contributed by atoms with E-state index in [1.165, 1.54) is 14.2 Å². The Labute approximate surface area is 116 Å². The molecule has 0 fully saturated rings. The maximum Gasteiger partial charge on any atom is 0.193 e. The van der Waals surface area contributed by atoms with E-state index < -0.39 is 0 Å². The molecule has 0 heterocycles. The lowest BCUT2D eigenvalue weighted by Crippen LogP contribution is -2.02. The molecule has 0 bridgehead atoms. The highest BCUT2D eigenvalue weighted by Gasteiger charge is 2.12. The van der Waals surface area contributed by atoms with Gasteiger partial charge in [-0.15, -0.1) is 0 Å². The van der Waals surface area contributed by atoms with E-state index in [0.717, 1.165) is 6.29 Å². The minimum absolute atomic E-state index is 0.136. The number of hydrogen-bond donors (Lipinski definition) is 0. The van der Waals surface area contributed by atoms with Crippen LogP contribution in [0.5, 0.6) is 11.5 Å². The third-order valence-electron chi connectivity index (χ3n) is 2.95. The minimum Gasteiger partial charge on any atom is -0.493 e. The molecule has 2 aromatic carbocycles. The van der Waals surface area contributed by atoms with E-state index in [4.69, 9.17) is 9.47 Å². The first kappa shape index (κ1) is 13.8. The second-order valence-electron chi connectivity index (χ2n) is 4.14. The Kier molecular flexibility index (Phi) is 4.15. The topological polar surface area (TPSA) is 52.6 Å². The molecule has 0 aliphatic rings. The predicted octanol–water partition coefficient (Wildman–Crippen LogP) is 2.75. The van der Waals surface area contributed by atoms with E-state index in [-0.39, 0.29) is 5.78 Å². The Bertz CT molecular complexity index is 629. The molecule has 0 aliphatic carbocycles. The smallest absolute Gasteiger partial charge is 0.193 e. The zero-order valence-electron chi connectivity index (χ0n) is 11.3. The molecule has 0 aliphatic heterocycles. The number of rotatable bonds is 5. The van der Waals surface area contributed by atoms with Gasteiger partial charge in [0.25, 0.3) is 0 Å². The molecule has 0 saturated heterocycles. The summed E-state index contributed by atoms with van der Waals surface area (Å²) in [5, 5.41) is 0. The molecule has 0 radical (unpaired) electrons. The van der Waals surface area contributed by atoms with Crippen molar-refractivity contribution in [1.82, 2.24) is 0 Å². The number of aldehydes is 1. The normalized spacial score (nSPS) is 9.90. The summed E-state index contributed by atoms with van der Waals surface area (Å²) in [7, 11) is 3.06. The van der Waals surface area contributed by atoms with Gasteiger partial charge in [-0.3, -0.25) is 9.59 Å². The van der Waals surface area contributed by atoms with Gasteiger partial charge in [0.15, 0.2) is 17.3 Å². The maximum atomic E-state index is 12.3. The third-order valence-corrected chi connectivity index (χ3v) is 2.95. The van der Waals surface area contributed by atoms with Crippen LogP contribution in [0.25, 0.3) is 0 Å². The molecular weight excluding hydrogens is 256 g/mol. The molecule has 20 heavy (non-hydrogen) atoms. The van der Waals surface area contributed by atoms with Crippen LogP contribution in [-0.4, -0.2) is 26.3 Å². The Morgan fingerprint density at radius 3 is 2.05 bits per heavy atom. The zero-order chi connectivity index (χ0) is 14.5. The van der Waals surface area contributed by atoms with Gasteiger partial charge in [-0.25, -0.2) is 0 Å². The van der Waals surface area contributed by atoms with Crippen LogP contribution in [0.3, 0.4) is 0 Å². The van der Waals surface area contributed by atoms with Crippen molar-refractivity contribution in [3.63, 3.8) is 0 Å². The molecule has 0 N–H and O–H groups in total. The fourth-order valence-electron chi connectivity index (χ4n) is 1.86. The molecular formula is C16H14O4. The van der Waals surface area contributed by atoms with Crippen LogP contribution in [0.15, 0.2) is 42.5 Å². The average Bonchev–Trinajstić information content (AvgIpc) is 2.53. The SMILES string of the molecule is COc1ccc(C(=O)c2ccc(C=O)cc2)cc1OC. The summed E-state index contributed by atoms with van der Waals surface area (Å²) in [6.45, 7) is 0. The molecule has 0 spiro atoms. The van der Waals surface area contributed by atoms with Crippen LogP contribution in [0.1, 0.15) is 26.3 Å². The lowest BCUT2D eigenvalue weighted by Gasteiger charge is -2.09. The van der Waals surface area contributed by atoms with Crippen LogP contribution >= 0.6 is 0 Å². The van der Waals surface area contributed by atoms with E-state index >= 15 is 0 Å². The molecule has 4 nitrogen and oxygen atoms in total. The number of ether oxygens (including phenoxy) is 2. The largest absolute Gasteiger partial charge is 0.493 e. The van der Waals surface area contributed by atoms with Crippen LogP contribution < -0.4 is 9.47 Å². The van der Waals surface area contributed by atoms with Crippen LogP contribution in [-0.2, 0) is 0 Å². The van der Waals surface area contributed by atoms with Crippen molar-refractivity contribution in [3.8, 4) is 11.5 Å². The van der Waals surface area contributed by atoms with Gasteiger partial charge in [0.2, 0.25) is 0 Å². The Balaban J connectivity index is 2.34. The summed E-state index contributed by atoms with van der Waals surface area (Å²) in [6, 6.07) is 11.5. The average molecular weight is 270 g/mol. The Hall–Kier alpha value is -2.62. The fourth-order valence-corrected chi connectivity index (χ4v) is 1.86. The zero-order valence-corrected chi connectivity index (χ0v) is 11.3. The van der Waals surface area contributed by atoms with E-state index in [2.05, 4.69) is 0 Å². The summed E-state index contributed by atoms with van der Waals surface area (Å²) >= 11 is 0. The Morgan fingerprint density at radius 2 is 1.50 bits per heavy atom. The number of carbonyl (C=O) groups is 2. The molecule has 0 saturated carbocycles. The van der Waals surface area contributed by atoms with Gasteiger partial charge in [0, 0.05) is 16.7 Å². The monoisotopic (exact) mass is 270 g/mol. The number of methoxy groups -OCH3 is 2. The number of benzene rings is 2. The summed E-state index contributed by atoms with van der Waals surface area (Å²) in [5.41, 5.74) is 1.55. The van der Waals surface area contributed by atoms with Crippen LogP contribution in [0.4, 0.5) is 0 Å². The first-order chi connectivity index (χ1) is 9.69.